The van der Waals surface area contributed by atoms with Gasteiger partial charge >= 0.3 is 0 Å². The second kappa shape index (κ2) is 9.25. The lowest BCUT2D eigenvalue weighted by atomic mass is 9.92. The zero-order valence-electron chi connectivity index (χ0n) is 18.6. The predicted octanol–water partition coefficient (Wildman–Crippen LogP) is 5.04. The highest BCUT2D eigenvalue weighted by molar-refractivity contribution is 5.92. The van der Waals surface area contributed by atoms with Gasteiger partial charge in [-0.2, -0.15) is 5.10 Å². The summed E-state index contributed by atoms with van der Waals surface area (Å²) >= 11 is 0. The average molecular weight is 450 g/mol. The van der Waals surface area contributed by atoms with Gasteiger partial charge in [-0.1, -0.05) is 18.2 Å². The number of aromatic amines is 1. The molecule has 1 unspecified atom stereocenters. The lowest BCUT2D eigenvalue weighted by Crippen LogP contribution is -2.39. The van der Waals surface area contributed by atoms with Crippen LogP contribution < -0.4 is 14.8 Å². The Morgan fingerprint density at radius 3 is 2.70 bits per heavy atom. The number of benzene rings is 2. The summed E-state index contributed by atoms with van der Waals surface area (Å²) in [6, 6.07) is 14.6. The first-order valence-electron chi connectivity index (χ1n) is 11.6. The Balaban J connectivity index is 1.14. The number of carbonyl (C=O) groups is 1. The summed E-state index contributed by atoms with van der Waals surface area (Å²) in [7, 11) is 0. The Kier molecular flexibility index (Phi) is 6.03. The number of fused-ring (bicyclic) bond motifs is 1. The Morgan fingerprint density at radius 2 is 1.94 bits per heavy atom. The molecule has 2 aliphatic rings. The first-order valence-corrected chi connectivity index (χ1v) is 11.6. The number of nitrogens with one attached hydrogen (secondary N) is 2. The Bertz CT molecular complexity index is 1140. The molecule has 2 N–H and O–H groups in total. The molecule has 33 heavy (non-hydrogen) atoms. The molecule has 1 aromatic heterocycles. The van der Waals surface area contributed by atoms with Crippen molar-refractivity contribution in [3.05, 3.63) is 76.9 Å². The van der Waals surface area contributed by atoms with Crippen LogP contribution in [0.2, 0.25) is 0 Å². The van der Waals surface area contributed by atoms with Crippen LogP contribution >= 0.6 is 0 Å². The largest absolute Gasteiger partial charge is 0.490 e. The molecule has 6 nitrogen and oxygen atoms in total. The van der Waals surface area contributed by atoms with E-state index in [-0.39, 0.29) is 30.0 Å². The summed E-state index contributed by atoms with van der Waals surface area (Å²) in [5.74, 6) is 1.27. The predicted molar refractivity (Wildman–Crippen MR) is 122 cm³/mol. The third kappa shape index (κ3) is 4.87. The van der Waals surface area contributed by atoms with E-state index in [1.54, 1.807) is 18.2 Å². The van der Waals surface area contributed by atoms with Crippen molar-refractivity contribution < 1.29 is 18.7 Å². The molecule has 1 aliphatic carbocycles. The molecule has 2 aromatic carbocycles. The van der Waals surface area contributed by atoms with Crippen LogP contribution in [-0.4, -0.2) is 28.3 Å². The number of amides is 1. The van der Waals surface area contributed by atoms with Crippen molar-refractivity contribution in [3.63, 3.8) is 0 Å². The van der Waals surface area contributed by atoms with E-state index in [4.69, 9.17) is 9.47 Å². The molecule has 1 fully saturated rings. The summed E-state index contributed by atoms with van der Waals surface area (Å²) in [5, 5.41) is 9.90. The molecule has 0 spiro atoms. The van der Waals surface area contributed by atoms with Crippen LogP contribution in [0.3, 0.4) is 0 Å². The van der Waals surface area contributed by atoms with Gasteiger partial charge in [-0.05, 0) is 81.3 Å². The lowest BCUT2D eigenvalue weighted by molar-refractivity contribution is 0.0888. The maximum absolute atomic E-state index is 14.1. The van der Waals surface area contributed by atoms with Crippen LogP contribution in [0.5, 0.6) is 11.5 Å². The minimum Gasteiger partial charge on any atom is -0.490 e. The minimum absolute atomic E-state index is 0.125. The SMILES string of the molecule is Cc1cc(C(=O)NC2CCC(Oc3ccc4c(c3)CCC(c3ccccc3F)O4)CC2)n[nH]1. The van der Waals surface area contributed by atoms with Gasteiger partial charge in [-0.15, -0.1) is 0 Å². The Hall–Kier alpha value is -3.35. The van der Waals surface area contributed by atoms with Crippen molar-refractivity contribution in [2.24, 2.45) is 0 Å². The van der Waals surface area contributed by atoms with Gasteiger partial charge in [-0.3, -0.25) is 9.89 Å². The smallest absolute Gasteiger partial charge is 0.271 e. The van der Waals surface area contributed by atoms with E-state index in [2.05, 4.69) is 15.5 Å². The number of aromatic nitrogens is 2. The van der Waals surface area contributed by atoms with Crippen LogP contribution in [0.1, 0.15) is 65.5 Å². The topological polar surface area (TPSA) is 76.2 Å². The molecule has 1 saturated carbocycles. The van der Waals surface area contributed by atoms with Crippen LogP contribution in [0.15, 0.2) is 48.5 Å². The summed E-state index contributed by atoms with van der Waals surface area (Å²) in [6.45, 7) is 1.88. The lowest BCUT2D eigenvalue weighted by Gasteiger charge is -2.30. The molecular weight excluding hydrogens is 421 g/mol. The average Bonchev–Trinajstić information content (AvgIpc) is 3.27. The molecule has 3 aromatic rings. The summed E-state index contributed by atoms with van der Waals surface area (Å²) in [5.41, 5.74) is 3.00. The van der Waals surface area contributed by atoms with Gasteiger partial charge < -0.3 is 14.8 Å². The molecule has 172 valence electrons. The highest BCUT2D eigenvalue weighted by atomic mass is 19.1. The van der Waals surface area contributed by atoms with Crippen molar-refractivity contribution in [2.45, 2.75) is 63.7 Å². The van der Waals surface area contributed by atoms with Gasteiger partial charge in [0.1, 0.15) is 29.1 Å². The monoisotopic (exact) mass is 449 g/mol. The van der Waals surface area contributed by atoms with E-state index in [1.807, 2.05) is 31.2 Å². The molecule has 1 atom stereocenters. The molecular formula is C26H28FN3O3. The van der Waals surface area contributed by atoms with Crippen LogP contribution in [0.4, 0.5) is 4.39 Å². The van der Waals surface area contributed by atoms with E-state index in [0.717, 1.165) is 61.3 Å². The standard InChI is InChI=1S/C26H28FN3O3/c1-16-14-23(30-29-16)26(31)28-18-7-9-19(10-8-18)32-20-11-13-24-17(15-20)6-12-25(33-24)21-4-2-3-5-22(21)27/h2-5,11,13-15,18-19,25H,6-10,12H2,1H3,(H,28,31)(H,29,30). The number of halogens is 1. The third-order valence-electron chi connectivity index (χ3n) is 6.48. The van der Waals surface area contributed by atoms with E-state index in [9.17, 15) is 9.18 Å². The van der Waals surface area contributed by atoms with Crippen molar-refractivity contribution in [3.8, 4) is 11.5 Å². The first kappa shape index (κ1) is 21.5. The van der Waals surface area contributed by atoms with E-state index in [1.165, 1.54) is 6.07 Å². The number of carbonyl (C=O) groups excluding carboxylic acids is 1. The van der Waals surface area contributed by atoms with Gasteiger partial charge in [0.2, 0.25) is 0 Å². The molecule has 7 heteroatoms. The molecule has 0 radical (unpaired) electrons. The second-order valence-corrected chi connectivity index (χ2v) is 8.94. The van der Waals surface area contributed by atoms with Crippen LogP contribution in [0, 0.1) is 12.7 Å². The van der Waals surface area contributed by atoms with Gasteiger partial charge in [0.05, 0.1) is 6.10 Å². The van der Waals surface area contributed by atoms with E-state index >= 15 is 0 Å². The number of hydrogen-bond acceptors (Lipinski definition) is 4. The quantitative estimate of drug-likeness (QED) is 0.572. The third-order valence-corrected chi connectivity index (χ3v) is 6.48. The molecule has 1 aliphatic heterocycles. The maximum Gasteiger partial charge on any atom is 0.271 e. The van der Waals surface area contributed by atoms with Crippen molar-refractivity contribution in [1.82, 2.24) is 15.5 Å². The summed E-state index contributed by atoms with van der Waals surface area (Å²) in [6.07, 6.45) is 4.92. The summed E-state index contributed by atoms with van der Waals surface area (Å²) in [4.78, 5) is 12.3. The minimum atomic E-state index is -0.263. The highest BCUT2D eigenvalue weighted by Crippen LogP contribution is 2.38. The molecule has 0 saturated heterocycles. The number of aryl methyl sites for hydroxylation is 2. The Labute approximate surface area is 192 Å². The normalized spacial score (nSPS) is 22.2. The highest BCUT2D eigenvalue weighted by Gasteiger charge is 2.26. The molecule has 2 heterocycles. The molecule has 5 rings (SSSR count). The van der Waals surface area contributed by atoms with Gasteiger partial charge in [0.25, 0.3) is 5.91 Å². The van der Waals surface area contributed by atoms with Crippen molar-refractivity contribution >= 4 is 5.91 Å². The van der Waals surface area contributed by atoms with Gasteiger partial charge in [-0.25, -0.2) is 4.39 Å². The summed E-state index contributed by atoms with van der Waals surface area (Å²) < 4.78 is 26.5. The van der Waals surface area contributed by atoms with E-state index < -0.39 is 0 Å². The fourth-order valence-corrected chi connectivity index (χ4v) is 4.70. The number of rotatable bonds is 5. The van der Waals surface area contributed by atoms with Crippen LogP contribution in [0.25, 0.3) is 0 Å². The number of ether oxygens (including phenoxy) is 2. The molecule has 0 bridgehead atoms. The van der Waals surface area contributed by atoms with Gasteiger partial charge in [0, 0.05) is 17.3 Å². The molecule has 1 amide bonds. The zero-order valence-corrected chi connectivity index (χ0v) is 18.6. The number of H-pyrrole nitrogens is 1. The fraction of sp³-hybridized carbons (Fsp3) is 0.385. The number of nitrogens with zero attached hydrogens (tertiary/aromatic N) is 1. The fourth-order valence-electron chi connectivity index (χ4n) is 4.70. The second-order valence-electron chi connectivity index (χ2n) is 8.94. The van der Waals surface area contributed by atoms with E-state index in [0.29, 0.717) is 11.3 Å². The number of hydrogen-bond donors (Lipinski definition) is 2. The van der Waals surface area contributed by atoms with Crippen molar-refractivity contribution in [2.75, 3.05) is 0 Å². The van der Waals surface area contributed by atoms with Gasteiger partial charge in [0.15, 0.2) is 0 Å². The van der Waals surface area contributed by atoms with Crippen LogP contribution in [-0.2, 0) is 6.42 Å². The van der Waals surface area contributed by atoms with Crippen molar-refractivity contribution in [1.29, 1.82) is 0 Å². The zero-order chi connectivity index (χ0) is 22.8. The Morgan fingerprint density at radius 1 is 1.12 bits per heavy atom. The first-order chi connectivity index (χ1) is 16.0. The maximum atomic E-state index is 14.1.